The molecule has 0 radical (unpaired) electrons. The van der Waals surface area contributed by atoms with E-state index in [1.807, 2.05) is 0 Å². The van der Waals surface area contributed by atoms with Crippen LogP contribution in [0.4, 0.5) is 10.1 Å². The van der Waals surface area contributed by atoms with Crippen molar-refractivity contribution in [2.75, 3.05) is 25.0 Å². The summed E-state index contributed by atoms with van der Waals surface area (Å²) in [5, 5.41) is 3.21. The molecule has 2 rings (SSSR count). The molecule has 1 fully saturated rings. The third-order valence-corrected chi connectivity index (χ3v) is 3.17. The van der Waals surface area contributed by atoms with Crippen molar-refractivity contribution in [3.63, 3.8) is 0 Å². The Morgan fingerprint density at radius 2 is 2.35 bits per heavy atom. The van der Waals surface area contributed by atoms with E-state index >= 15 is 0 Å². The molecule has 92 valence electrons. The fourth-order valence-electron chi connectivity index (χ4n) is 2.15. The molecule has 1 aromatic carbocycles. The number of nitrogens with zero attached hydrogens (tertiary/aromatic N) is 1. The van der Waals surface area contributed by atoms with E-state index in [-0.39, 0.29) is 17.6 Å². The van der Waals surface area contributed by atoms with Crippen LogP contribution < -0.4 is 10.2 Å². The van der Waals surface area contributed by atoms with Gasteiger partial charge >= 0.3 is 0 Å². The smallest absolute Gasteiger partial charge is 0.231 e. The molecule has 1 aliphatic rings. The van der Waals surface area contributed by atoms with Gasteiger partial charge in [0.1, 0.15) is 5.82 Å². The van der Waals surface area contributed by atoms with Crippen molar-refractivity contribution in [3.8, 4) is 0 Å². The Kier molecular flexibility index (Phi) is 3.74. The molecule has 1 aliphatic heterocycles. The molecule has 0 saturated carbocycles. The number of hydrogen-bond donors (Lipinski definition) is 1. The van der Waals surface area contributed by atoms with Gasteiger partial charge in [-0.25, -0.2) is 4.39 Å². The molecule has 0 aliphatic carbocycles. The van der Waals surface area contributed by atoms with Crippen LogP contribution in [0.2, 0.25) is 0 Å². The Labute approximate surface area is 101 Å². The highest BCUT2D eigenvalue weighted by molar-refractivity contribution is 5.94. The van der Waals surface area contributed by atoms with Gasteiger partial charge in [0.2, 0.25) is 5.91 Å². The fraction of sp³-hybridized carbons (Fsp3) is 0.462. The lowest BCUT2D eigenvalue weighted by atomic mass is 9.98. The Bertz CT molecular complexity index is 402. The van der Waals surface area contributed by atoms with Gasteiger partial charge in [0.25, 0.3) is 0 Å². The molecule has 3 nitrogen and oxygen atoms in total. The third-order valence-electron chi connectivity index (χ3n) is 3.17. The second kappa shape index (κ2) is 5.27. The summed E-state index contributed by atoms with van der Waals surface area (Å²) in [7, 11) is 1.70. The van der Waals surface area contributed by atoms with Crippen LogP contribution in [0.5, 0.6) is 0 Å². The lowest BCUT2D eigenvalue weighted by molar-refractivity contribution is -0.122. The van der Waals surface area contributed by atoms with Gasteiger partial charge in [-0.15, -0.1) is 0 Å². The number of amides is 1. The summed E-state index contributed by atoms with van der Waals surface area (Å²) in [6.45, 7) is 1.70. The first-order chi connectivity index (χ1) is 8.18. The monoisotopic (exact) mass is 236 g/mol. The molecule has 1 aromatic rings. The van der Waals surface area contributed by atoms with Gasteiger partial charge in [0.05, 0.1) is 5.92 Å². The molecule has 17 heavy (non-hydrogen) atoms. The van der Waals surface area contributed by atoms with Crippen LogP contribution >= 0.6 is 0 Å². The van der Waals surface area contributed by atoms with Crippen LogP contribution in [-0.4, -0.2) is 26.0 Å². The number of hydrogen-bond acceptors (Lipinski definition) is 2. The summed E-state index contributed by atoms with van der Waals surface area (Å²) in [4.78, 5) is 13.7. The maximum atomic E-state index is 13.1. The van der Waals surface area contributed by atoms with Gasteiger partial charge in [-0.2, -0.15) is 0 Å². The van der Waals surface area contributed by atoms with Crippen LogP contribution in [0.1, 0.15) is 12.8 Å². The molecule has 1 N–H and O–H groups in total. The number of nitrogens with one attached hydrogen (secondary N) is 1. The molecule has 0 bridgehead atoms. The molecule has 0 aromatic heterocycles. The van der Waals surface area contributed by atoms with Crippen LogP contribution in [0.3, 0.4) is 0 Å². The van der Waals surface area contributed by atoms with Gasteiger partial charge < -0.3 is 10.2 Å². The normalized spacial score (nSPS) is 20.0. The number of halogens is 1. The zero-order valence-corrected chi connectivity index (χ0v) is 9.95. The van der Waals surface area contributed by atoms with Crippen LogP contribution in [-0.2, 0) is 4.79 Å². The van der Waals surface area contributed by atoms with Crippen LogP contribution in [0.15, 0.2) is 24.3 Å². The summed E-state index contributed by atoms with van der Waals surface area (Å²) < 4.78 is 13.1. The highest BCUT2D eigenvalue weighted by Gasteiger charge is 2.24. The topological polar surface area (TPSA) is 32.3 Å². The maximum absolute atomic E-state index is 13.1. The highest BCUT2D eigenvalue weighted by atomic mass is 19.1. The molecular weight excluding hydrogens is 219 g/mol. The van der Waals surface area contributed by atoms with Crippen LogP contribution in [0, 0.1) is 11.7 Å². The first kappa shape index (κ1) is 12.0. The number of anilines is 1. The van der Waals surface area contributed by atoms with Crippen molar-refractivity contribution < 1.29 is 9.18 Å². The predicted molar refractivity (Wildman–Crippen MR) is 65.4 cm³/mol. The number of rotatable bonds is 2. The number of carbonyl (C=O) groups is 1. The third kappa shape index (κ3) is 2.82. The highest BCUT2D eigenvalue weighted by Crippen LogP contribution is 2.19. The van der Waals surface area contributed by atoms with E-state index in [0.717, 1.165) is 25.9 Å². The van der Waals surface area contributed by atoms with Crippen LogP contribution in [0.25, 0.3) is 0 Å². The van der Waals surface area contributed by atoms with E-state index in [1.54, 1.807) is 24.1 Å². The second-order valence-electron chi connectivity index (χ2n) is 4.42. The van der Waals surface area contributed by atoms with E-state index in [9.17, 15) is 9.18 Å². The SMILES string of the molecule is CN(C(=O)C1CCCNC1)c1cccc(F)c1. The van der Waals surface area contributed by atoms with E-state index in [0.29, 0.717) is 5.69 Å². The summed E-state index contributed by atoms with van der Waals surface area (Å²) in [6.07, 6.45) is 1.93. The number of benzene rings is 1. The van der Waals surface area contributed by atoms with Crippen molar-refractivity contribution in [2.24, 2.45) is 5.92 Å². The first-order valence-electron chi connectivity index (χ1n) is 5.92. The Morgan fingerprint density at radius 1 is 1.53 bits per heavy atom. The Hall–Kier alpha value is -1.42. The van der Waals surface area contributed by atoms with Crippen molar-refractivity contribution in [2.45, 2.75) is 12.8 Å². The van der Waals surface area contributed by atoms with E-state index in [2.05, 4.69) is 5.32 Å². The first-order valence-corrected chi connectivity index (χ1v) is 5.92. The van der Waals surface area contributed by atoms with Crippen molar-refractivity contribution in [1.29, 1.82) is 0 Å². The van der Waals surface area contributed by atoms with Gasteiger partial charge in [-0.1, -0.05) is 6.07 Å². The summed E-state index contributed by atoms with van der Waals surface area (Å²) >= 11 is 0. The zero-order chi connectivity index (χ0) is 12.3. The summed E-state index contributed by atoms with van der Waals surface area (Å²) in [5.74, 6) is -0.247. The summed E-state index contributed by atoms with van der Waals surface area (Å²) in [5.41, 5.74) is 0.612. The van der Waals surface area contributed by atoms with Gasteiger partial charge in [-0.05, 0) is 37.6 Å². The van der Waals surface area contributed by atoms with Crippen molar-refractivity contribution in [1.82, 2.24) is 5.32 Å². The molecule has 1 saturated heterocycles. The lowest BCUT2D eigenvalue weighted by Crippen LogP contribution is -2.41. The molecule has 1 amide bonds. The van der Waals surface area contributed by atoms with E-state index < -0.39 is 0 Å². The van der Waals surface area contributed by atoms with Crippen molar-refractivity contribution in [3.05, 3.63) is 30.1 Å². The summed E-state index contributed by atoms with van der Waals surface area (Å²) in [6, 6.07) is 6.13. The Balaban J connectivity index is 2.08. The Morgan fingerprint density at radius 3 is 3.00 bits per heavy atom. The number of piperidine rings is 1. The average molecular weight is 236 g/mol. The minimum atomic E-state index is -0.316. The second-order valence-corrected chi connectivity index (χ2v) is 4.42. The van der Waals surface area contributed by atoms with Gasteiger partial charge in [0.15, 0.2) is 0 Å². The maximum Gasteiger partial charge on any atom is 0.231 e. The molecule has 4 heteroatoms. The lowest BCUT2D eigenvalue weighted by Gasteiger charge is -2.27. The van der Waals surface area contributed by atoms with Gasteiger partial charge in [0, 0.05) is 19.3 Å². The van der Waals surface area contributed by atoms with E-state index in [4.69, 9.17) is 0 Å². The number of carbonyl (C=O) groups excluding carboxylic acids is 1. The zero-order valence-electron chi connectivity index (χ0n) is 9.95. The fourth-order valence-corrected chi connectivity index (χ4v) is 2.15. The molecular formula is C13H17FN2O. The molecule has 1 unspecified atom stereocenters. The molecule has 1 heterocycles. The quantitative estimate of drug-likeness (QED) is 0.849. The largest absolute Gasteiger partial charge is 0.316 e. The minimum absolute atomic E-state index is 0.0111. The molecule has 0 spiro atoms. The predicted octanol–water partition coefficient (Wildman–Crippen LogP) is 1.79. The minimum Gasteiger partial charge on any atom is -0.316 e. The van der Waals surface area contributed by atoms with E-state index in [1.165, 1.54) is 12.1 Å². The van der Waals surface area contributed by atoms with Crippen molar-refractivity contribution >= 4 is 11.6 Å². The average Bonchev–Trinajstić information content (AvgIpc) is 2.38. The van der Waals surface area contributed by atoms with Gasteiger partial charge in [-0.3, -0.25) is 4.79 Å². The molecule has 1 atom stereocenters. The standard InChI is InChI=1S/C13H17FN2O/c1-16(12-6-2-5-11(14)8-12)13(17)10-4-3-7-15-9-10/h2,5-6,8,10,15H,3-4,7,9H2,1H3.